The van der Waals surface area contributed by atoms with Crippen molar-refractivity contribution in [1.82, 2.24) is 5.32 Å². The van der Waals surface area contributed by atoms with Gasteiger partial charge in [0.1, 0.15) is 11.8 Å². The molecule has 0 aliphatic heterocycles. The van der Waals surface area contributed by atoms with Crippen molar-refractivity contribution in [3.8, 4) is 5.75 Å². The zero-order valence-corrected chi connectivity index (χ0v) is 13.8. The highest BCUT2D eigenvalue weighted by molar-refractivity contribution is 6.31. The Hall–Kier alpha value is -2.73. The zero-order valence-electron chi connectivity index (χ0n) is 13.1. The molecule has 2 aromatic rings. The molecule has 0 spiro atoms. The van der Waals surface area contributed by atoms with Gasteiger partial charge in [0.05, 0.1) is 12.8 Å². The molecular weight excluding hydrogens is 330 g/mol. The lowest BCUT2D eigenvalue weighted by Gasteiger charge is -2.17. The molecular formula is C17H18ClN3O3. The number of rotatable bonds is 6. The monoisotopic (exact) mass is 347 g/mol. The van der Waals surface area contributed by atoms with Crippen molar-refractivity contribution in [3.63, 3.8) is 0 Å². The molecule has 1 atom stereocenters. The van der Waals surface area contributed by atoms with Crippen molar-refractivity contribution in [1.29, 1.82) is 0 Å². The summed E-state index contributed by atoms with van der Waals surface area (Å²) in [4.78, 5) is 23.8. The van der Waals surface area contributed by atoms with E-state index in [1.54, 1.807) is 18.2 Å². The van der Waals surface area contributed by atoms with Gasteiger partial charge in [-0.1, -0.05) is 41.9 Å². The fraction of sp³-hybridized carbons (Fsp3) is 0.176. The number of urea groups is 1. The van der Waals surface area contributed by atoms with E-state index in [2.05, 4.69) is 10.6 Å². The predicted octanol–water partition coefficient (Wildman–Crippen LogP) is 2.57. The van der Waals surface area contributed by atoms with Gasteiger partial charge in [0.15, 0.2) is 0 Å². The first-order valence-electron chi connectivity index (χ1n) is 7.24. The normalized spacial score (nSPS) is 11.4. The maximum absolute atomic E-state index is 12.2. The molecule has 4 N–H and O–H groups in total. The van der Waals surface area contributed by atoms with E-state index in [-0.39, 0.29) is 0 Å². The molecule has 0 bridgehead atoms. The Morgan fingerprint density at radius 1 is 1.21 bits per heavy atom. The van der Waals surface area contributed by atoms with Crippen LogP contribution >= 0.6 is 11.6 Å². The van der Waals surface area contributed by atoms with Gasteiger partial charge >= 0.3 is 6.03 Å². The Bertz CT molecular complexity index is 722. The van der Waals surface area contributed by atoms with Crippen LogP contribution in [0.1, 0.15) is 5.56 Å². The lowest BCUT2D eigenvalue weighted by molar-refractivity contribution is -0.119. The Morgan fingerprint density at radius 2 is 1.92 bits per heavy atom. The highest BCUT2D eigenvalue weighted by Crippen LogP contribution is 2.27. The Morgan fingerprint density at radius 3 is 2.54 bits per heavy atom. The van der Waals surface area contributed by atoms with Gasteiger partial charge in [-0.25, -0.2) is 4.79 Å². The average molecular weight is 348 g/mol. The van der Waals surface area contributed by atoms with E-state index in [4.69, 9.17) is 22.1 Å². The van der Waals surface area contributed by atoms with Crippen LogP contribution in [0.5, 0.6) is 5.75 Å². The van der Waals surface area contributed by atoms with Gasteiger partial charge in [-0.15, -0.1) is 0 Å². The lowest BCUT2D eigenvalue weighted by Crippen LogP contribution is -2.47. The average Bonchev–Trinajstić information content (AvgIpc) is 2.55. The van der Waals surface area contributed by atoms with Crippen molar-refractivity contribution >= 4 is 29.2 Å². The predicted molar refractivity (Wildman–Crippen MR) is 93.3 cm³/mol. The van der Waals surface area contributed by atoms with E-state index in [0.29, 0.717) is 22.9 Å². The fourth-order valence-electron chi connectivity index (χ4n) is 2.17. The molecule has 24 heavy (non-hydrogen) atoms. The number of nitrogens with one attached hydrogen (secondary N) is 2. The smallest absolute Gasteiger partial charge is 0.320 e. The summed E-state index contributed by atoms with van der Waals surface area (Å²) in [5.74, 6) is -0.166. The molecule has 0 saturated carbocycles. The number of carbonyl (C=O) groups is 2. The van der Waals surface area contributed by atoms with Crippen LogP contribution in [0.15, 0.2) is 48.5 Å². The van der Waals surface area contributed by atoms with E-state index in [1.165, 1.54) is 7.11 Å². The standard InChI is InChI=1S/C17H18ClN3O3/c1-24-15-8-7-12(18)10-13(15)20-17(23)21-14(16(19)22)9-11-5-3-2-4-6-11/h2-8,10,14H,9H2,1H3,(H2,19,22)(H2,20,21,23)/t14-/m1/s1. The Balaban J connectivity index is 2.06. The minimum atomic E-state index is -0.836. The third kappa shape index (κ3) is 4.89. The number of halogens is 1. The summed E-state index contributed by atoms with van der Waals surface area (Å²) in [5.41, 5.74) is 6.66. The van der Waals surface area contributed by atoms with Crippen molar-refractivity contribution in [3.05, 3.63) is 59.1 Å². The number of hydrogen-bond donors (Lipinski definition) is 3. The van der Waals surface area contributed by atoms with Gasteiger partial charge in [-0.05, 0) is 23.8 Å². The van der Waals surface area contributed by atoms with Crippen molar-refractivity contribution in [2.75, 3.05) is 12.4 Å². The van der Waals surface area contributed by atoms with E-state index < -0.39 is 18.0 Å². The summed E-state index contributed by atoms with van der Waals surface area (Å²) < 4.78 is 5.16. The van der Waals surface area contributed by atoms with Gasteiger partial charge in [0.2, 0.25) is 5.91 Å². The summed E-state index contributed by atoms with van der Waals surface area (Å²) in [6.45, 7) is 0. The number of carbonyl (C=O) groups excluding carboxylic acids is 2. The van der Waals surface area contributed by atoms with Crippen molar-refractivity contribution in [2.45, 2.75) is 12.5 Å². The fourth-order valence-corrected chi connectivity index (χ4v) is 2.34. The molecule has 0 aromatic heterocycles. The molecule has 0 radical (unpaired) electrons. The number of methoxy groups -OCH3 is 1. The molecule has 7 heteroatoms. The molecule has 0 unspecified atom stereocenters. The number of hydrogen-bond acceptors (Lipinski definition) is 3. The third-order valence-corrected chi connectivity index (χ3v) is 3.58. The highest BCUT2D eigenvalue weighted by atomic mass is 35.5. The van der Waals surface area contributed by atoms with Crippen LogP contribution in [0.25, 0.3) is 0 Å². The number of ether oxygens (including phenoxy) is 1. The van der Waals surface area contributed by atoms with E-state index in [1.807, 2.05) is 30.3 Å². The Labute approximate surface area is 144 Å². The summed E-state index contributed by atoms with van der Waals surface area (Å²) in [6.07, 6.45) is 0.302. The summed E-state index contributed by atoms with van der Waals surface area (Å²) in [7, 11) is 1.48. The van der Waals surface area contributed by atoms with Crippen LogP contribution in [0.2, 0.25) is 5.02 Å². The molecule has 126 valence electrons. The maximum Gasteiger partial charge on any atom is 0.320 e. The number of primary amides is 1. The number of anilines is 1. The first-order chi connectivity index (χ1) is 11.5. The van der Waals surface area contributed by atoms with Gasteiger partial charge in [0, 0.05) is 11.4 Å². The first kappa shape index (κ1) is 17.6. The molecule has 0 fully saturated rings. The maximum atomic E-state index is 12.2. The molecule has 2 rings (SSSR count). The van der Waals surface area contributed by atoms with Crippen LogP contribution in [0.4, 0.5) is 10.5 Å². The molecule has 3 amide bonds. The lowest BCUT2D eigenvalue weighted by atomic mass is 10.1. The number of nitrogens with two attached hydrogens (primary N) is 1. The van der Waals surface area contributed by atoms with Gasteiger partial charge in [-0.2, -0.15) is 0 Å². The van der Waals surface area contributed by atoms with Crippen LogP contribution in [0, 0.1) is 0 Å². The SMILES string of the molecule is COc1ccc(Cl)cc1NC(=O)N[C@H](Cc1ccccc1)C(N)=O. The van der Waals surface area contributed by atoms with Gasteiger partial charge < -0.3 is 21.1 Å². The van der Waals surface area contributed by atoms with Crippen LogP contribution in [0.3, 0.4) is 0 Å². The van der Waals surface area contributed by atoms with E-state index in [0.717, 1.165) is 5.56 Å². The van der Waals surface area contributed by atoms with Gasteiger partial charge in [0.25, 0.3) is 0 Å². The molecule has 0 aliphatic rings. The molecule has 2 aromatic carbocycles. The minimum absolute atomic E-state index is 0.302. The van der Waals surface area contributed by atoms with Crippen molar-refractivity contribution < 1.29 is 14.3 Å². The third-order valence-electron chi connectivity index (χ3n) is 3.34. The van der Waals surface area contributed by atoms with Crippen LogP contribution in [-0.4, -0.2) is 25.1 Å². The first-order valence-corrected chi connectivity index (χ1v) is 7.61. The van der Waals surface area contributed by atoms with Crippen LogP contribution in [-0.2, 0) is 11.2 Å². The second kappa shape index (κ2) is 8.21. The van der Waals surface area contributed by atoms with Crippen molar-refractivity contribution in [2.24, 2.45) is 5.73 Å². The van der Waals surface area contributed by atoms with Crippen LogP contribution < -0.4 is 21.1 Å². The molecule has 0 heterocycles. The minimum Gasteiger partial charge on any atom is -0.495 e. The van der Waals surface area contributed by atoms with E-state index >= 15 is 0 Å². The molecule has 0 saturated heterocycles. The van der Waals surface area contributed by atoms with E-state index in [9.17, 15) is 9.59 Å². The Kier molecular flexibility index (Phi) is 6.03. The number of benzene rings is 2. The summed E-state index contributed by atoms with van der Waals surface area (Å²) >= 11 is 5.92. The highest BCUT2D eigenvalue weighted by Gasteiger charge is 2.19. The summed E-state index contributed by atoms with van der Waals surface area (Å²) in [5, 5.41) is 5.61. The zero-order chi connectivity index (χ0) is 17.5. The molecule has 6 nitrogen and oxygen atoms in total. The second-order valence-electron chi connectivity index (χ2n) is 5.09. The molecule has 0 aliphatic carbocycles. The van der Waals surface area contributed by atoms with Gasteiger partial charge in [-0.3, -0.25) is 4.79 Å². The topological polar surface area (TPSA) is 93.4 Å². The summed E-state index contributed by atoms with van der Waals surface area (Å²) in [6, 6.07) is 12.7. The quantitative estimate of drug-likeness (QED) is 0.749. The largest absolute Gasteiger partial charge is 0.495 e. The number of amides is 3. The second-order valence-corrected chi connectivity index (χ2v) is 5.52.